The molecule has 4 aromatic rings. The summed E-state index contributed by atoms with van der Waals surface area (Å²) in [5.74, 6) is -0.0909. The molecular formula is C20H16ClN3O2. The molecule has 0 atom stereocenters. The number of oxazole rings is 1. The van der Waals surface area contributed by atoms with E-state index in [2.05, 4.69) is 9.55 Å². The van der Waals surface area contributed by atoms with Crippen LogP contribution in [0.4, 0.5) is 0 Å². The Bertz CT molecular complexity index is 1070. The van der Waals surface area contributed by atoms with E-state index in [0.717, 1.165) is 11.4 Å². The summed E-state index contributed by atoms with van der Waals surface area (Å²) in [5, 5.41) is 0.0682. The predicted octanol–water partition coefficient (Wildman–Crippen LogP) is 4.54. The van der Waals surface area contributed by atoms with Gasteiger partial charge in [-0.25, -0.2) is 0 Å². The van der Waals surface area contributed by atoms with Crippen molar-refractivity contribution in [3.8, 4) is 5.69 Å². The van der Waals surface area contributed by atoms with E-state index in [0.29, 0.717) is 23.2 Å². The molecule has 130 valence electrons. The Morgan fingerprint density at radius 2 is 1.96 bits per heavy atom. The maximum atomic E-state index is 12.8. The molecule has 26 heavy (non-hydrogen) atoms. The smallest absolute Gasteiger partial charge is 0.293 e. The molecule has 0 radical (unpaired) electrons. The Balaban J connectivity index is 1.57. The third-order valence-corrected chi connectivity index (χ3v) is 4.38. The van der Waals surface area contributed by atoms with E-state index < -0.39 is 0 Å². The highest BCUT2D eigenvalue weighted by Gasteiger charge is 2.16. The number of amides is 1. The van der Waals surface area contributed by atoms with Crippen molar-refractivity contribution < 1.29 is 9.21 Å². The first kappa shape index (κ1) is 16.4. The first-order chi connectivity index (χ1) is 12.6. The minimum Gasteiger partial charge on any atom is -0.428 e. The van der Waals surface area contributed by atoms with Gasteiger partial charge in [0.1, 0.15) is 5.52 Å². The minimum atomic E-state index is -0.0909. The molecule has 0 saturated carbocycles. The number of hydrogen-bond donors (Lipinski definition) is 0. The van der Waals surface area contributed by atoms with Gasteiger partial charge < -0.3 is 13.9 Å². The highest BCUT2D eigenvalue weighted by molar-refractivity contribution is 6.28. The van der Waals surface area contributed by atoms with Crippen molar-refractivity contribution in [1.29, 1.82) is 0 Å². The van der Waals surface area contributed by atoms with Crippen molar-refractivity contribution in [2.75, 3.05) is 7.05 Å². The molecule has 0 aliphatic carbocycles. The van der Waals surface area contributed by atoms with Gasteiger partial charge in [-0.3, -0.25) is 4.79 Å². The second-order valence-electron chi connectivity index (χ2n) is 6.02. The van der Waals surface area contributed by atoms with E-state index in [1.54, 1.807) is 30.1 Å². The third-order valence-electron chi connectivity index (χ3n) is 4.22. The van der Waals surface area contributed by atoms with Gasteiger partial charge in [0.25, 0.3) is 11.3 Å². The third kappa shape index (κ3) is 3.09. The van der Waals surface area contributed by atoms with Crippen LogP contribution in [0.2, 0.25) is 5.35 Å². The van der Waals surface area contributed by atoms with Gasteiger partial charge in [0.05, 0.1) is 6.54 Å². The number of carbonyl (C=O) groups excluding carboxylic acids is 1. The Hall–Kier alpha value is -3.05. The first-order valence-corrected chi connectivity index (χ1v) is 8.53. The molecule has 1 amide bonds. The lowest BCUT2D eigenvalue weighted by atomic mass is 10.2. The minimum absolute atomic E-state index is 0.0682. The summed E-state index contributed by atoms with van der Waals surface area (Å²) >= 11 is 5.77. The summed E-state index contributed by atoms with van der Waals surface area (Å²) in [4.78, 5) is 18.5. The summed E-state index contributed by atoms with van der Waals surface area (Å²) in [5.41, 5.74) is 3.77. The number of carbonyl (C=O) groups is 1. The molecule has 0 aliphatic heterocycles. The molecule has 2 aromatic heterocycles. The molecule has 0 saturated heterocycles. The number of para-hydroxylation sites is 1. The van der Waals surface area contributed by atoms with E-state index in [-0.39, 0.29) is 11.3 Å². The van der Waals surface area contributed by atoms with Gasteiger partial charge in [-0.2, -0.15) is 4.98 Å². The van der Waals surface area contributed by atoms with Crippen LogP contribution in [0.1, 0.15) is 16.1 Å². The summed E-state index contributed by atoms with van der Waals surface area (Å²) in [6.45, 7) is 0.484. The van der Waals surface area contributed by atoms with Gasteiger partial charge in [-0.05, 0) is 54.1 Å². The average molecular weight is 366 g/mol. The topological polar surface area (TPSA) is 51.3 Å². The lowest BCUT2D eigenvalue weighted by Gasteiger charge is -2.19. The predicted molar refractivity (Wildman–Crippen MR) is 101 cm³/mol. The zero-order valence-electron chi connectivity index (χ0n) is 14.1. The number of rotatable bonds is 4. The van der Waals surface area contributed by atoms with Crippen LogP contribution in [0.3, 0.4) is 0 Å². The molecule has 0 unspecified atom stereocenters. The highest BCUT2D eigenvalue weighted by atomic mass is 35.5. The molecule has 0 aliphatic rings. The van der Waals surface area contributed by atoms with E-state index in [1.165, 1.54) is 0 Å². The Morgan fingerprint density at radius 1 is 1.15 bits per heavy atom. The summed E-state index contributed by atoms with van der Waals surface area (Å²) in [6.07, 6.45) is 1.99. The molecule has 5 nitrogen and oxygen atoms in total. The second kappa shape index (κ2) is 6.69. The first-order valence-electron chi connectivity index (χ1n) is 8.15. The van der Waals surface area contributed by atoms with Crippen LogP contribution in [0.15, 0.2) is 71.3 Å². The molecule has 6 heteroatoms. The fraction of sp³-hybridized carbons (Fsp3) is 0.100. The fourth-order valence-corrected chi connectivity index (χ4v) is 3.13. The second-order valence-corrected chi connectivity index (χ2v) is 6.34. The molecule has 0 N–H and O–H groups in total. The largest absolute Gasteiger partial charge is 0.428 e. The van der Waals surface area contributed by atoms with Crippen molar-refractivity contribution in [1.82, 2.24) is 14.5 Å². The van der Waals surface area contributed by atoms with E-state index in [4.69, 9.17) is 16.0 Å². The lowest BCUT2D eigenvalue weighted by molar-refractivity contribution is 0.0783. The molecule has 2 aromatic carbocycles. The van der Waals surface area contributed by atoms with Crippen LogP contribution >= 0.6 is 11.6 Å². The summed E-state index contributed by atoms with van der Waals surface area (Å²) in [7, 11) is 1.78. The zero-order valence-corrected chi connectivity index (χ0v) is 14.8. The number of aromatic nitrogens is 2. The van der Waals surface area contributed by atoms with Crippen LogP contribution < -0.4 is 0 Å². The molecule has 0 spiro atoms. The van der Waals surface area contributed by atoms with Crippen LogP contribution in [0, 0.1) is 0 Å². The standard InChI is InChI=1S/C20H16ClN3O2/c1-23(13-16-8-5-11-24(16)15-6-3-2-4-7-15)19(25)14-9-10-18-17(12-14)22-20(21)26-18/h2-12H,13H2,1H3. The van der Waals surface area contributed by atoms with Crippen molar-refractivity contribution in [2.24, 2.45) is 0 Å². The van der Waals surface area contributed by atoms with Crippen molar-refractivity contribution in [3.63, 3.8) is 0 Å². The Morgan fingerprint density at radius 3 is 2.77 bits per heavy atom. The van der Waals surface area contributed by atoms with Crippen LogP contribution in [0.5, 0.6) is 0 Å². The molecule has 4 rings (SSSR count). The van der Waals surface area contributed by atoms with Crippen molar-refractivity contribution in [3.05, 3.63) is 83.5 Å². The number of nitrogens with zero attached hydrogens (tertiary/aromatic N) is 3. The van der Waals surface area contributed by atoms with E-state index >= 15 is 0 Å². The van der Waals surface area contributed by atoms with Gasteiger partial charge in [-0.1, -0.05) is 18.2 Å². The van der Waals surface area contributed by atoms with Crippen LogP contribution in [-0.4, -0.2) is 27.4 Å². The lowest BCUT2D eigenvalue weighted by Crippen LogP contribution is -2.27. The van der Waals surface area contributed by atoms with Crippen LogP contribution in [0.25, 0.3) is 16.8 Å². The monoisotopic (exact) mass is 365 g/mol. The van der Waals surface area contributed by atoms with E-state index in [9.17, 15) is 4.79 Å². The number of fused-ring (bicyclic) bond motifs is 1. The van der Waals surface area contributed by atoms with Gasteiger partial charge in [0.2, 0.25) is 0 Å². The normalized spacial score (nSPS) is 11.0. The van der Waals surface area contributed by atoms with Gasteiger partial charge >= 0.3 is 0 Å². The molecule has 2 heterocycles. The SMILES string of the molecule is CN(Cc1cccn1-c1ccccc1)C(=O)c1ccc2oc(Cl)nc2c1. The van der Waals surface area contributed by atoms with Gasteiger partial charge in [-0.15, -0.1) is 0 Å². The Labute approximate surface area is 155 Å². The average Bonchev–Trinajstić information content (AvgIpc) is 3.26. The summed E-state index contributed by atoms with van der Waals surface area (Å²) < 4.78 is 7.31. The van der Waals surface area contributed by atoms with Gasteiger partial charge in [0.15, 0.2) is 5.58 Å². The van der Waals surface area contributed by atoms with Crippen molar-refractivity contribution >= 4 is 28.6 Å². The van der Waals surface area contributed by atoms with E-state index in [1.807, 2.05) is 48.7 Å². The number of hydrogen-bond acceptors (Lipinski definition) is 3. The quantitative estimate of drug-likeness (QED) is 0.533. The summed E-state index contributed by atoms with van der Waals surface area (Å²) in [6, 6.07) is 19.1. The zero-order chi connectivity index (χ0) is 18.1. The maximum Gasteiger partial charge on any atom is 0.293 e. The Kier molecular flexibility index (Phi) is 4.22. The molecular weight excluding hydrogens is 350 g/mol. The fourth-order valence-electron chi connectivity index (χ4n) is 2.95. The van der Waals surface area contributed by atoms with Crippen molar-refractivity contribution in [2.45, 2.75) is 6.54 Å². The number of halogens is 1. The van der Waals surface area contributed by atoms with Crippen LogP contribution in [-0.2, 0) is 6.54 Å². The molecule has 0 fully saturated rings. The highest BCUT2D eigenvalue weighted by Crippen LogP contribution is 2.21. The van der Waals surface area contributed by atoms with Gasteiger partial charge in [0, 0.05) is 30.2 Å². The number of benzene rings is 2. The molecule has 0 bridgehead atoms. The maximum absolute atomic E-state index is 12.8.